The fourth-order valence-electron chi connectivity index (χ4n) is 2.45. The van der Waals surface area contributed by atoms with Gasteiger partial charge in [-0.15, -0.1) is 0 Å². The van der Waals surface area contributed by atoms with Crippen LogP contribution in [0.4, 0.5) is 4.39 Å². The molecule has 1 N–H and O–H groups in total. The summed E-state index contributed by atoms with van der Waals surface area (Å²) in [5.74, 6) is -2.16. The molecule has 1 aromatic rings. The van der Waals surface area contributed by atoms with Crippen molar-refractivity contribution in [2.45, 2.75) is 31.7 Å². The number of carboxylic acids is 1. The molecule has 0 saturated carbocycles. The average molecular weight is 265 g/mol. The number of aliphatic carboxylic acids is 1. The zero-order valence-electron chi connectivity index (χ0n) is 10.7. The molecule has 102 valence electrons. The molecule has 1 aliphatic rings. The summed E-state index contributed by atoms with van der Waals surface area (Å²) in [5, 5.41) is 9.08. The molecule has 0 unspecified atom stereocenters. The lowest BCUT2D eigenvalue weighted by Gasteiger charge is -2.25. The van der Waals surface area contributed by atoms with Crippen LogP contribution in [0.3, 0.4) is 0 Å². The Morgan fingerprint density at radius 3 is 2.84 bits per heavy atom. The summed E-state index contributed by atoms with van der Waals surface area (Å²) < 4.78 is 13.2. The van der Waals surface area contributed by atoms with Crippen molar-refractivity contribution in [1.29, 1.82) is 0 Å². The molecule has 2 rings (SSSR count). The van der Waals surface area contributed by atoms with Gasteiger partial charge in [-0.05, 0) is 37.5 Å². The van der Waals surface area contributed by atoms with Gasteiger partial charge >= 0.3 is 5.97 Å². The molecule has 0 radical (unpaired) electrons. The molecule has 1 aromatic carbocycles. The van der Waals surface area contributed by atoms with Gasteiger partial charge in [0.2, 0.25) is 5.91 Å². The maximum atomic E-state index is 13.2. The predicted octanol–water partition coefficient (Wildman–Crippen LogP) is 2.00. The monoisotopic (exact) mass is 265 g/mol. The molecule has 1 heterocycles. The first kappa shape index (κ1) is 13.5. The lowest BCUT2D eigenvalue weighted by atomic mass is 9.99. The molecule has 0 spiro atoms. The Hall–Kier alpha value is -1.91. The van der Waals surface area contributed by atoms with Crippen molar-refractivity contribution in [3.05, 3.63) is 35.6 Å². The number of carboxylic acid groups (broad SMARTS) is 1. The second-order valence-corrected chi connectivity index (χ2v) is 4.80. The minimum Gasteiger partial charge on any atom is -0.480 e. The smallest absolute Gasteiger partial charge is 0.326 e. The maximum absolute atomic E-state index is 13.2. The normalized spacial score (nSPS) is 20.3. The highest BCUT2D eigenvalue weighted by atomic mass is 19.1. The first-order valence-electron chi connectivity index (χ1n) is 6.29. The van der Waals surface area contributed by atoms with Gasteiger partial charge in [-0.25, -0.2) is 9.18 Å². The number of hydrogen-bond acceptors (Lipinski definition) is 2. The third kappa shape index (κ3) is 2.75. The lowest BCUT2D eigenvalue weighted by Crippen LogP contribution is -2.42. The van der Waals surface area contributed by atoms with Crippen molar-refractivity contribution < 1.29 is 19.1 Å². The second-order valence-electron chi connectivity index (χ2n) is 4.80. The molecule has 0 aliphatic carbocycles. The zero-order valence-corrected chi connectivity index (χ0v) is 10.7. The number of nitrogens with zero attached hydrogens (tertiary/aromatic N) is 1. The number of rotatable bonds is 3. The maximum Gasteiger partial charge on any atom is 0.326 e. The van der Waals surface area contributed by atoms with E-state index in [1.165, 1.54) is 17.0 Å². The molecule has 1 aliphatic heterocycles. The van der Waals surface area contributed by atoms with Crippen LogP contribution >= 0.6 is 0 Å². The minimum absolute atomic E-state index is 0.254. The molecule has 2 atom stereocenters. The van der Waals surface area contributed by atoms with E-state index in [0.717, 1.165) is 0 Å². The number of likely N-dealkylation sites (tertiary alicyclic amines) is 1. The zero-order chi connectivity index (χ0) is 14.0. The number of hydrogen-bond donors (Lipinski definition) is 1. The van der Waals surface area contributed by atoms with Gasteiger partial charge in [0, 0.05) is 6.54 Å². The van der Waals surface area contributed by atoms with E-state index in [-0.39, 0.29) is 5.91 Å². The van der Waals surface area contributed by atoms with E-state index >= 15 is 0 Å². The Bertz CT molecular complexity index is 503. The van der Waals surface area contributed by atoms with E-state index in [4.69, 9.17) is 5.11 Å². The Morgan fingerprint density at radius 1 is 1.47 bits per heavy atom. The molecule has 1 fully saturated rings. The minimum atomic E-state index is -0.975. The number of benzene rings is 1. The molecular weight excluding hydrogens is 249 g/mol. The van der Waals surface area contributed by atoms with Crippen molar-refractivity contribution in [1.82, 2.24) is 4.90 Å². The van der Waals surface area contributed by atoms with E-state index in [2.05, 4.69) is 0 Å². The van der Waals surface area contributed by atoms with Crippen molar-refractivity contribution in [3.63, 3.8) is 0 Å². The van der Waals surface area contributed by atoms with Crippen LogP contribution in [0.15, 0.2) is 24.3 Å². The van der Waals surface area contributed by atoms with Crippen molar-refractivity contribution in [3.8, 4) is 0 Å². The fourth-order valence-corrected chi connectivity index (χ4v) is 2.45. The molecule has 5 heteroatoms. The van der Waals surface area contributed by atoms with Crippen LogP contribution in [-0.4, -0.2) is 34.5 Å². The molecule has 1 saturated heterocycles. The van der Waals surface area contributed by atoms with Crippen molar-refractivity contribution in [2.24, 2.45) is 0 Å². The number of carbonyl (C=O) groups is 2. The third-order valence-electron chi connectivity index (χ3n) is 3.54. The Labute approximate surface area is 110 Å². The fraction of sp³-hybridized carbons (Fsp3) is 0.429. The summed E-state index contributed by atoms with van der Waals surface area (Å²) in [5.41, 5.74) is 0.570. The van der Waals surface area contributed by atoms with Crippen LogP contribution in [0.2, 0.25) is 0 Å². The van der Waals surface area contributed by atoms with Crippen molar-refractivity contribution >= 4 is 11.9 Å². The van der Waals surface area contributed by atoms with Gasteiger partial charge in [0.15, 0.2) is 0 Å². The van der Waals surface area contributed by atoms with E-state index < -0.39 is 23.7 Å². The predicted molar refractivity (Wildman–Crippen MR) is 67.2 cm³/mol. The summed E-state index contributed by atoms with van der Waals surface area (Å²) in [7, 11) is 0. The Morgan fingerprint density at radius 2 is 2.21 bits per heavy atom. The highest BCUT2D eigenvalue weighted by Gasteiger charge is 2.36. The molecule has 19 heavy (non-hydrogen) atoms. The lowest BCUT2D eigenvalue weighted by molar-refractivity contribution is -0.148. The largest absolute Gasteiger partial charge is 0.480 e. The van der Waals surface area contributed by atoms with Gasteiger partial charge in [-0.1, -0.05) is 12.1 Å². The van der Waals surface area contributed by atoms with E-state index in [1.807, 2.05) is 0 Å². The van der Waals surface area contributed by atoms with Gasteiger partial charge in [-0.2, -0.15) is 0 Å². The van der Waals surface area contributed by atoms with Crippen LogP contribution in [0.25, 0.3) is 0 Å². The van der Waals surface area contributed by atoms with E-state index in [1.54, 1.807) is 19.1 Å². The highest BCUT2D eigenvalue weighted by molar-refractivity contribution is 5.88. The molecule has 4 nitrogen and oxygen atoms in total. The second kappa shape index (κ2) is 5.38. The van der Waals surface area contributed by atoms with Gasteiger partial charge < -0.3 is 10.0 Å². The summed E-state index contributed by atoms with van der Waals surface area (Å²) in [6, 6.07) is 5.11. The summed E-state index contributed by atoms with van der Waals surface area (Å²) in [6.07, 6.45) is 1.18. The first-order chi connectivity index (χ1) is 9.00. The number of carbonyl (C=O) groups excluding carboxylic acids is 1. The number of amides is 1. The van der Waals surface area contributed by atoms with Crippen LogP contribution < -0.4 is 0 Å². The molecule has 0 aromatic heterocycles. The SMILES string of the molecule is C[C@H](C(=O)N1CCC[C@@H]1C(=O)O)c1cccc(F)c1. The first-order valence-corrected chi connectivity index (χ1v) is 6.29. The standard InChI is InChI=1S/C14H16FNO3/c1-9(10-4-2-5-11(15)8-10)13(17)16-7-3-6-12(16)14(18)19/h2,4-5,8-9,12H,3,6-7H2,1H3,(H,18,19)/t9-,12+/m0/s1. The summed E-state index contributed by atoms with van der Waals surface area (Å²) >= 11 is 0. The van der Waals surface area contributed by atoms with E-state index in [0.29, 0.717) is 24.9 Å². The average Bonchev–Trinajstić information content (AvgIpc) is 2.86. The van der Waals surface area contributed by atoms with Crippen LogP contribution in [0, 0.1) is 5.82 Å². The summed E-state index contributed by atoms with van der Waals surface area (Å²) in [4.78, 5) is 24.8. The van der Waals surface area contributed by atoms with Gasteiger partial charge in [-0.3, -0.25) is 4.79 Å². The highest BCUT2D eigenvalue weighted by Crippen LogP contribution is 2.25. The van der Waals surface area contributed by atoms with Crippen LogP contribution in [0.5, 0.6) is 0 Å². The molecular formula is C14H16FNO3. The summed E-state index contributed by atoms with van der Waals surface area (Å²) in [6.45, 7) is 2.13. The van der Waals surface area contributed by atoms with E-state index in [9.17, 15) is 14.0 Å². The Kier molecular flexibility index (Phi) is 3.83. The van der Waals surface area contributed by atoms with Gasteiger partial charge in [0.05, 0.1) is 5.92 Å². The van der Waals surface area contributed by atoms with Gasteiger partial charge in [0.25, 0.3) is 0 Å². The van der Waals surface area contributed by atoms with Gasteiger partial charge in [0.1, 0.15) is 11.9 Å². The quantitative estimate of drug-likeness (QED) is 0.909. The third-order valence-corrected chi connectivity index (χ3v) is 3.54. The molecule has 1 amide bonds. The van der Waals surface area contributed by atoms with Crippen molar-refractivity contribution in [2.75, 3.05) is 6.54 Å². The molecule has 0 bridgehead atoms. The number of halogens is 1. The topological polar surface area (TPSA) is 57.6 Å². The Balaban J connectivity index is 2.17. The van der Waals surface area contributed by atoms with Crippen LogP contribution in [-0.2, 0) is 9.59 Å². The van der Waals surface area contributed by atoms with Crippen LogP contribution in [0.1, 0.15) is 31.2 Å².